The molecular weight excluding hydrogens is 258 g/mol. The van der Waals surface area contributed by atoms with Crippen molar-refractivity contribution in [2.24, 2.45) is 0 Å². The minimum atomic E-state index is -0.196. The lowest BCUT2D eigenvalue weighted by Crippen LogP contribution is -2.26. The Kier molecular flexibility index (Phi) is 4.16. The fourth-order valence-electron chi connectivity index (χ4n) is 1.99. The summed E-state index contributed by atoms with van der Waals surface area (Å²) in [6.45, 7) is 8.78. The van der Waals surface area contributed by atoms with Crippen LogP contribution in [0.2, 0.25) is 0 Å². The molecule has 0 atom stereocenters. The van der Waals surface area contributed by atoms with Crippen LogP contribution in [-0.4, -0.2) is 25.8 Å². The van der Waals surface area contributed by atoms with Gasteiger partial charge in [0.1, 0.15) is 11.9 Å². The highest BCUT2D eigenvalue weighted by Gasteiger charge is 2.22. The van der Waals surface area contributed by atoms with Gasteiger partial charge < -0.3 is 14.4 Å². The van der Waals surface area contributed by atoms with E-state index in [9.17, 15) is 4.79 Å². The lowest BCUT2D eigenvalue weighted by atomic mass is 10.0. The Labute approximate surface area is 117 Å². The van der Waals surface area contributed by atoms with Gasteiger partial charge in [-0.15, -0.1) is 10.2 Å². The van der Waals surface area contributed by atoms with Gasteiger partial charge in [-0.05, 0) is 13.8 Å². The highest BCUT2D eigenvalue weighted by molar-refractivity contribution is 5.96. The van der Waals surface area contributed by atoms with Gasteiger partial charge in [0.2, 0.25) is 0 Å². The number of aryl methyl sites for hydroxylation is 2. The van der Waals surface area contributed by atoms with Crippen molar-refractivity contribution in [2.75, 3.05) is 0 Å². The minimum Gasteiger partial charge on any atom is -0.360 e. The zero-order valence-corrected chi connectivity index (χ0v) is 12.2. The average molecular weight is 277 g/mol. The largest absolute Gasteiger partial charge is 0.360 e. The maximum atomic E-state index is 12.3. The van der Waals surface area contributed by atoms with Gasteiger partial charge in [0.15, 0.2) is 11.6 Å². The van der Waals surface area contributed by atoms with Gasteiger partial charge in [0, 0.05) is 12.5 Å². The summed E-state index contributed by atoms with van der Waals surface area (Å²) in [5.74, 6) is 1.24. The van der Waals surface area contributed by atoms with E-state index in [1.165, 1.54) is 0 Å². The molecule has 2 rings (SSSR count). The van der Waals surface area contributed by atoms with Crippen LogP contribution in [-0.2, 0) is 13.1 Å². The summed E-state index contributed by atoms with van der Waals surface area (Å²) in [5, 5.41) is 14.5. The fraction of sp³-hybridized carbons (Fsp3) is 0.538. The van der Waals surface area contributed by atoms with Crippen LogP contribution in [0, 0.1) is 6.92 Å². The highest BCUT2D eigenvalue weighted by Crippen LogP contribution is 2.22. The number of rotatable bonds is 5. The molecule has 2 aromatic heterocycles. The smallest absolute Gasteiger partial charge is 0.257 e. The SMILES string of the molecule is CCn1cnnc1CNC(=O)c1c(C)noc1C(C)C. The molecule has 2 heterocycles. The first-order valence-corrected chi connectivity index (χ1v) is 6.65. The van der Waals surface area contributed by atoms with Crippen molar-refractivity contribution >= 4 is 5.91 Å². The van der Waals surface area contributed by atoms with Crippen molar-refractivity contribution in [1.29, 1.82) is 0 Å². The second-order valence-electron chi connectivity index (χ2n) is 4.88. The molecule has 0 bridgehead atoms. The van der Waals surface area contributed by atoms with E-state index >= 15 is 0 Å². The third-order valence-corrected chi connectivity index (χ3v) is 3.08. The summed E-state index contributed by atoms with van der Waals surface area (Å²) in [5.41, 5.74) is 1.12. The zero-order chi connectivity index (χ0) is 14.7. The molecule has 0 fully saturated rings. The minimum absolute atomic E-state index is 0.108. The van der Waals surface area contributed by atoms with Crippen LogP contribution < -0.4 is 5.32 Å². The predicted molar refractivity (Wildman–Crippen MR) is 72.2 cm³/mol. The third kappa shape index (κ3) is 2.71. The van der Waals surface area contributed by atoms with Gasteiger partial charge in [-0.2, -0.15) is 0 Å². The summed E-state index contributed by atoms with van der Waals surface area (Å²) >= 11 is 0. The number of hydrogen-bond acceptors (Lipinski definition) is 5. The van der Waals surface area contributed by atoms with E-state index < -0.39 is 0 Å². The van der Waals surface area contributed by atoms with Crippen molar-refractivity contribution in [2.45, 2.75) is 46.7 Å². The monoisotopic (exact) mass is 277 g/mol. The van der Waals surface area contributed by atoms with E-state index in [2.05, 4.69) is 20.7 Å². The van der Waals surface area contributed by atoms with E-state index in [1.807, 2.05) is 25.3 Å². The number of nitrogens with one attached hydrogen (secondary N) is 1. The maximum Gasteiger partial charge on any atom is 0.257 e. The number of carbonyl (C=O) groups is 1. The highest BCUT2D eigenvalue weighted by atomic mass is 16.5. The first-order chi connectivity index (χ1) is 9.54. The fourth-order valence-corrected chi connectivity index (χ4v) is 1.99. The van der Waals surface area contributed by atoms with Crippen LogP contribution in [0.5, 0.6) is 0 Å². The Morgan fingerprint density at radius 3 is 2.90 bits per heavy atom. The van der Waals surface area contributed by atoms with Crippen LogP contribution in [0.3, 0.4) is 0 Å². The van der Waals surface area contributed by atoms with E-state index in [-0.39, 0.29) is 11.8 Å². The van der Waals surface area contributed by atoms with Gasteiger partial charge >= 0.3 is 0 Å². The molecule has 108 valence electrons. The van der Waals surface area contributed by atoms with Gasteiger partial charge in [0.25, 0.3) is 5.91 Å². The second kappa shape index (κ2) is 5.85. The predicted octanol–water partition coefficient (Wildman–Crippen LogP) is 1.65. The summed E-state index contributed by atoms with van der Waals surface area (Å²) in [4.78, 5) is 12.3. The third-order valence-electron chi connectivity index (χ3n) is 3.08. The second-order valence-corrected chi connectivity index (χ2v) is 4.88. The van der Waals surface area contributed by atoms with E-state index in [1.54, 1.807) is 13.3 Å². The van der Waals surface area contributed by atoms with Crippen molar-refractivity contribution in [3.05, 3.63) is 29.2 Å². The first kappa shape index (κ1) is 14.2. The molecule has 0 aromatic carbocycles. The number of nitrogens with zero attached hydrogens (tertiary/aromatic N) is 4. The van der Waals surface area contributed by atoms with E-state index in [0.29, 0.717) is 23.6 Å². The van der Waals surface area contributed by atoms with Crippen LogP contribution in [0.25, 0.3) is 0 Å². The van der Waals surface area contributed by atoms with Gasteiger partial charge in [-0.3, -0.25) is 4.79 Å². The topological polar surface area (TPSA) is 85.8 Å². The quantitative estimate of drug-likeness (QED) is 0.898. The molecule has 7 nitrogen and oxygen atoms in total. The van der Waals surface area contributed by atoms with E-state index in [0.717, 1.165) is 12.4 Å². The molecule has 7 heteroatoms. The van der Waals surface area contributed by atoms with Crippen molar-refractivity contribution in [1.82, 2.24) is 25.2 Å². The van der Waals surface area contributed by atoms with Gasteiger partial charge in [0.05, 0.1) is 12.2 Å². The Hall–Kier alpha value is -2.18. The molecule has 0 radical (unpaired) electrons. The van der Waals surface area contributed by atoms with Crippen LogP contribution >= 0.6 is 0 Å². The number of carbonyl (C=O) groups excluding carboxylic acids is 1. The molecule has 1 N–H and O–H groups in total. The standard InChI is InChI=1S/C13H19N5O2/c1-5-18-7-15-16-10(18)6-14-13(19)11-9(4)17-20-12(11)8(2)3/h7-8H,5-6H2,1-4H3,(H,14,19). The molecule has 1 amide bonds. The molecule has 2 aromatic rings. The maximum absolute atomic E-state index is 12.3. The molecule has 0 saturated heterocycles. The van der Waals surface area contributed by atoms with Gasteiger partial charge in [-0.25, -0.2) is 0 Å². The first-order valence-electron chi connectivity index (χ1n) is 6.65. The summed E-state index contributed by atoms with van der Waals surface area (Å²) in [6, 6.07) is 0. The normalized spacial score (nSPS) is 11.1. The van der Waals surface area contributed by atoms with Crippen molar-refractivity contribution < 1.29 is 9.32 Å². The Balaban J connectivity index is 2.11. The van der Waals surface area contributed by atoms with Gasteiger partial charge in [-0.1, -0.05) is 19.0 Å². The Morgan fingerprint density at radius 2 is 2.25 bits per heavy atom. The molecule has 0 spiro atoms. The number of aromatic nitrogens is 4. The van der Waals surface area contributed by atoms with Crippen LogP contribution in [0.15, 0.2) is 10.9 Å². The molecule has 0 unspecified atom stereocenters. The summed E-state index contributed by atoms with van der Waals surface area (Å²) in [7, 11) is 0. The summed E-state index contributed by atoms with van der Waals surface area (Å²) < 4.78 is 7.09. The number of amides is 1. The lowest BCUT2D eigenvalue weighted by molar-refractivity contribution is 0.0946. The van der Waals surface area contributed by atoms with Crippen LogP contribution in [0.4, 0.5) is 0 Å². The lowest BCUT2D eigenvalue weighted by Gasteiger charge is -2.07. The van der Waals surface area contributed by atoms with Crippen molar-refractivity contribution in [3.8, 4) is 0 Å². The molecule has 0 aliphatic heterocycles. The zero-order valence-electron chi connectivity index (χ0n) is 12.2. The molecular formula is C13H19N5O2. The molecule has 0 aliphatic rings. The van der Waals surface area contributed by atoms with E-state index in [4.69, 9.17) is 4.52 Å². The Morgan fingerprint density at radius 1 is 1.50 bits per heavy atom. The van der Waals surface area contributed by atoms with Crippen LogP contribution in [0.1, 0.15) is 54.3 Å². The molecule has 0 aliphatic carbocycles. The Bertz CT molecular complexity index is 600. The number of hydrogen-bond donors (Lipinski definition) is 1. The molecule has 20 heavy (non-hydrogen) atoms. The summed E-state index contributed by atoms with van der Waals surface area (Å²) in [6.07, 6.45) is 1.64. The van der Waals surface area contributed by atoms with Crippen molar-refractivity contribution in [3.63, 3.8) is 0 Å². The molecule has 0 saturated carbocycles. The average Bonchev–Trinajstić information content (AvgIpc) is 3.01.